The van der Waals surface area contributed by atoms with Gasteiger partial charge in [0.05, 0.1) is 17.8 Å². The van der Waals surface area contributed by atoms with Crippen LogP contribution in [0.5, 0.6) is 0 Å². The fourth-order valence-corrected chi connectivity index (χ4v) is 3.66. The Balaban J connectivity index is 2.23. The number of rotatable bonds is 7. The van der Waals surface area contributed by atoms with Crippen molar-refractivity contribution in [2.24, 2.45) is 11.7 Å². The Morgan fingerprint density at radius 3 is 2.82 bits per heavy atom. The monoisotopic (exact) mass is 382 g/mol. The van der Waals surface area contributed by atoms with Crippen LogP contribution in [0.2, 0.25) is 0 Å². The Morgan fingerprint density at radius 1 is 1.43 bits per heavy atom. The number of tetrazole rings is 1. The number of hydrogen-bond acceptors (Lipinski definition) is 6. The number of primary amides is 1. The van der Waals surface area contributed by atoms with Crippen LogP contribution in [0.3, 0.4) is 0 Å². The molecule has 0 bridgehead atoms. The van der Waals surface area contributed by atoms with Gasteiger partial charge in [0.1, 0.15) is 0 Å². The predicted octanol–water partition coefficient (Wildman–Crippen LogP) is 1.82. The third-order valence-electron chi connectivity index (χ3n) is 5.25. The van der Waals surface area contributed by atoms with E-state index in [0.717, 1.165) is 22.7 Å². The molecular weight excluding hydrogens is 356 g/mol. The second kappa shape index (κ2) is 8.02. The molecule has 0 saturated carbocycles. The molecule has 2 aromatic rings. The Morgan fingerprint density at radius 2 is 2.21 bits per heavy atom. The zero-order valence-corrected chi connectivity index (χ0v) is 16.7. The lowest BCUT2D eigenvalue weighted by Crippen LogP contribution is -2.45. The summed E-state index contributed by atoms with van der Waals surface area (Å²) in [6.07, 6.45) is 6.76. The van der Waals surface area contributed by atoms with Gasteiger partial charge in [-0.3, -0.25) is 9.78 Å². The van der Waals surface area contributed by atoms with E-state index in [4.69, 9.17) is 10.5 Å². The van der Waals surface area contributed by atoms with Crippen LogP contribution >= 0.6 is 0 Å². The van der Waals surface area contributed by atoms with Crippen molar-refractivity contribution in [3.63, 3.8) is 0 Å². The van der Waals surface area contributed by atoms with Crippen LogP contribution in [-0.2, 0) is 21.5 Å². The van der Waals surface area contributed by atoms with E-state index in [1.165, 1.54) is 0 Å². The summed E-state index contributed by atoms with van der Waals surface area (Å²) in [7, 11) is 1.66. The summed E-state index contributed by atoms with van der Waals surface area (Å²) in [5.74, 6) is 0.258. The van der Waals surface area contributed by atoms with Gasteiger partial charge in [0, 0.05) is 37.6 Å². The van der Waals surface area contributed by atoms with Gasteiger partial charge in [-0.25, -0.2) is 4.68 Å². The van der Waals surface area contributed by atoms with E-state index >= 15 is 0 Å². The number of aryl methyl sites for hydroxylation is 2. The number of pyridine rings is 1. The van der Waals surface area contributed by atoms with Crippen molar-refractivity contribution in [1.29, 1.82) is 0 Å². The van der Waals surface area contributed by atoms with Crippen LogP contribution in [0.4, 0.5) is 0 Å². The van der Waals surface area contributed by atoms with Crippen LogP contribution < -0.4 is 5.73 Å². The highest BCUT2D eigenvalue weighted by Crippen LogP contribution is 2.41. The molecule has 0 radical (unpaired) electrons. The largest absolute Gasteiger partial charge is 0.384 e. The molecule has 1 amide bonds. The summed E-state index contributed by atoms with van der Waals surface area (Å²) in [4.78, 5) is 16.7. The summed E-state index contributed by atoms with van der Waals surface area (Å²) < 4.78 is 7.25. The summed E-state index contributed by atoms with van der Waals surface area (Å²) in [6.45, 7) is 6.51. The van der Waals surface area contributed by atoms with Gasteiger partial charge in [0.15, 0.2) is 5.82 Å². The molecule has 3 rings (SSSR count). The van der Waals surface area contributed by atoms with Crippen molar-refractivity contribution in [1.82, 2.24) is 25.2 Å². The molecule has 0 fully saturated rings. The SMILES string of the molecule is CCc1nnnn1C1(C(C)COC)C=C(c2ccc(C)cn2)C=C(C(N)=O)C1. The highest BCUT2D eigenvalue weighted by atomic mass is 16.5. The third-order valence-corrected chi connectivity index (χ3v) is 5.25. The van der Waals surface area contributed by atoms with Gasteiger partial charge in [-0.1, -0.05) is 19.9 Å². The number of nitrogens with zero attached hydrogens (tertiary/aromatic N) is 5. The first-order chi connectivity index (χ1) is 13.4. The molecule has 8 nitrogen and oxygen atoms in total. The van der Waals surface area contributed by atoms with Crippen molar-refractivity contribution in [3.8, 4) is 0 Å². The molecule has 28 heavy (non-hydrogen) atoms. The van der Waals surface area contributed by atoms with Crippen LogP contribution in [0.15, 0.2) is 36.1 Å². The van der Waals surface area contributed by atoms with E-state index in [9.17, 15) is 4.79 Å². The van der Waals surface area contributed by atoms with E-state index in [0.29, 0.717) is 25.0 Å². The molecule has 2 N–H and O–H groups in total. The first-order valence-electron chi connectivity index (χ1n) is 9.34. The zero-order chi connectivity index (χ0) is 20.3. The lowest BCUT2D eigenvalue weighted by Gasteiger charge is -2.39. The second-order valence-corrected chi connectivity index (χ2v) is 7.24. The summed E-state index contributed by atoms with van der Waals surface area (Å²) in [5, 5.41) is 12.3. The normalized spacial score (nSPS) is 20.4. The number of methoxy groups -OCH3 is 1. The first-order valence-corrected chi connectivity index (χ1v) is 9.34. The van der Waals surface area contributed by atoms with Crippen molar-refractivity contribution >= 4 is 11.5 Å². The Hall–Kier alpha value is -2.87. The lowest BCUT2D eigenvalue weighted by molar-refractivity contribution is -0.115. The van der Waals surface area contributed by atoms with Gasteiger partial charge >= 0.3 is 0 Å². The smallest absolute Gasteiger partial charge is 0.244 e. The molecule has 0 spiro atoms. The fraction of sp³-hybridized carbons (Fsp3) is 0.450. The van der Waals surface area contributed by atoms with E-state index in [2.05, 4.69) is 33.5 Å². The molecular formula is C20H26N6O2. The topological polar surface area (TPSA) is 109 Å². The van der Waals surface area contributed by atoms with E-state index in [1.54, 1.807) is 18.0 Å². The van der Waals surface area contributed by atoms with Gasteiger partial charge in [-0.05, 0) is 46.7 Å². The zero-order valence-electron chi connectivity index (χ0n) is 16.7. The Bertz CT molecular complexity index is 915. The maximum Gasteiger partial charge on any atom is 0.244 e. The first kappa shape index (κ1) is 19.9. The molecule has 148 valence electrons. The van der Waals surface area contributed by atoms with E-state index in [-0.39, 0.29) is 5.92 Å². The Labute approximate surface area is 164 Å². The molecule has 1 aliphatic carbocycles. The molecule has 0 saturated heterocycles. The van der Waals surface area contributed by atoms with Crippen LogP contribution in [-0.4, -0.2) is 44.8 Å². The summed E-state index contributed by atoms with van der Waals surface area (Å²) in [6, 6.07) is 3.93. The van der Waals surface area contributed by atoms with Gasteiger partial charge in [0.2, 0.25) is 5.91 Å². The number of ether oxygens (including phenoxy) is 1. The van der Waals surface area contributed by atoms with Crippen LogP contribution in [0.25, 0.3) is 5.57 Å². The Kier molecular flexibility index (Phi) is 5.69. The second-order valence-electron chi connectivity index (χ2n) is 7.24. The number of aromatic nitrogens is 5. The van der Waals surface area contributed by atoms with Crippen molar-refractivity contribution in [2.75, 3.05) is 13.7 Å². The predicted molar refractivity (Wildman–Crippen MR) is 105 cm³/mol. The highest BCUT2D eigenvalue weighted by Gasteiger charge is 2.43. The van der Waals surface area contributed by atoms with E-state index in [1.807, 2.05) is 32.1 Å². The maximum atomic E-state index is 12.2. The van der Waals surface area contributed by atoms with Crippen molar-refractivity contribution < 1.29 is 9.53 Å². The quantitative estimate of drug-likeness (QED) is 0.782. The molecule has 2 aromatic heterocycles. The number of amides is 1. The van der Waals surface area contributed by atoms with Gasteiger partial charge < -0.3 is 10.5 Å². The van der Waals surface area contributed by atoms with Crippen molar-refractivity contribution in [2.45, 2.75) is 39.2 Å². The standard InChI is InChI=1S/C20H26N6O2/c1-5-18-23-24-25-26(18)20(14(3)12-28-4)9-15(8-16(10-20)19(21)27)17-7-6-13(2)11-22-17/h6-9,11,14H,5,10,12H2,1-4H3,(H2,21,27). The van der Waals surface area contributed by atoms with Crippen LogP contribution in [0.1, 0.15) is 37.4 Å². The minimum Gasteiger partial charge on any atom is -0.384 e. The third kappa shape index (κ3) is 3.60. The minimum absolute atomic E-state index is 0.0187. The van der Waals surface area contributed by atoms with Gasteiger partial charge in [-0.15, -0.1) is 5.10 Å². The molecule has 2 atom stereocenters. The summed E-state index contributed by atoms with van der Waals surface area (Å²) in [5.41, 5.74) is 8.18. The lowest BCUT2D eigenvalue weighted by atomic mass is 9.74. The molecule has 2 heterocycles. The van der Waals surface area contributed by atoms with Crippen molar-refractivity contribution in [3.05, 3.63) is 53.1 Å². The molecule has 0 aromatic carbocycles. The number of allylic oxidation sites excluding steroid dienone is 3. The summed E-state index contributed by atoms with van der Waals surface area (Å²) >= 11 is 0. The molecule has 1 aliphatic rings. The van der Waals surface area contributed by atoms with Crippen LogP contribution in [0, 0.1) is 12.8 Å². The number of carbonyl (C=O) groups excluding carboxylic acids is 1. The number of nitrogens with two attached hydrogens (primary N) is 1. The minimum atomic E-state index is -0.689. The average Bonchev–Trinajstić information content (AvgIpc) is 3.17. The van der Waals surface area contributed by atoms with Gasteiger partial charge in [0.25, 0.3) is 0 Å². The number of hydrogen-bond donors (Lipinski definition) is 1. The molecule has 8 heteroatoms. The van der Waals surface area contributed by atoms with Gasteiger partial charge in [-0.2, -0.15) is 0 Å². The average molecular weight is 382 g/mol. The van der Waals surface area contributed by atoms with E-state index < -0.39 is 11.4 Å². The molecule has 2 unspecified atom stereocenters. The number of carbonyl (C=O) groups is 1. The maximum absolute atomic E-state index is 12.2. The fourth-order valence-electron chi connectivity index (χ4n) is 3.66. The highest BCUT2D eigenvalue weighted by molar-refractivity contribution is 5.96. The molecule has 0 aliphatic heterocycles.